The first kappa shape index (κ1) is 14.9. The van der Waals surface area contributed by atoms with Gasteiger partial charge in [-0.1, -0.05) is 6.92 Å². The van der Waals surface area contributed by atoms with Gasteiger partial charge in [-0.15, -0.1) is 0 Å². The van der Waals surface area contributed by atoms with Crippen LogP contribution < -0.4 is 0 Å². The SMILES string of the molecule is CCCOC1[C@@H](OC)[C@H](OC)O[C@@H](C)[C@@H]1OC. The zero-order chi connectivity index (χ0) is 12.8. The second kappa shape index (κ2) is 7.28. The van der Waals surface area contributed by atoms with Crippen molar-refractivity contribution in [3.8, 4) is 0 Å². The van der Waals surface area contributed by atoms with E-state index in [4.69, 9.17) is 23.7 Å². The average molecular weight is 248 g/mol. The van der Waals surface area contributed by atoms with Gasteiger partial charge in [-0.05, 0) is 13.3 Å². The van der Waals surface area contributed by atoms with Crippen LogP contribution in [0.2, 0.25) is 0 Å². The van der Waals surface area contributed by atoms with Crippen LogP contribution in [0.5, 0.6) is 0 Å². The van der Waals surface area contributed by atoms with E-state index in [0.717, 1.165) is 6.42 Å². The third kappa shape index (κ3) is 3.39. The molecule has 0 spiro atoms. The first-order valence-corrected chi connectivity index (χ1v) is 6.05. The summed E-state index contributed by atoms with van der Waals surface area (Å²) in [6.45, 7) is 4.70. The molecule has 0 bridgehead atoms. The van der Waals surface area contributed by atoms with Crippen LogP contribution in [0.3, 0.4) is 0 Å². The van der Waals surface area contributed by atoms with Crippen LogP contribution in [0.4, 0.5) is 0 Å². The minimum atomic E-state index is -0.414. The molecule has 0 aromatic carbocycles. The van der Waals surface area contributed by atoms with Crippen LogP contribution in [0.25, 0.3) is 0 Å². The minimum Gasteiger partial charge on any atom is -0.376 e. The van der Waals surface area contributed by atoms with E-state index in [2.05, 4.69) is 6.92 Å². The summed E-state index contributed by atoms with van der Waals surface area (Å²) in [5.41, 5.74) is 0. The largest absolute Gasteiger partial charge is 0.376 e. The second-order valence-electron chi connectivity index (χ2n) is 4.18. The summed E-state index contributed by atoms with van der Waals surface area (Å²) < 4.78 is 27.7. The molecule has 102 valence electrons. The van der Waals surface area contributed by atoms with E-state index < -0.39 is 6.29 Å². The van der Waals surface area contributed by atoms with Gasteiger partial charge in [-0.25, -0.2) is 0 Å². The second-order valence-corrected chi connectivity index (χ2v) is 4.18. The summed E-state index contributed by atoms with van der Waals surface area (Å²) in [5, 5.41) is 0. The average Bonchev–Trinajstić information content (AvgIpc) is 2.35. The molecule has 1 fully saturated rings. The fourth-order valence-corrected chi connectivity index (χ4v) is 2.18. The third-order valence-electron chi connectivity index (χ3n) is 3.02. The molecule has 0 aromatic rings. The summed E-state index contributed by atoms with van der Waals surface area (Å²) >= 11 is 0. The van der Waals surface area contributed by atoms with E-state index in [1.807, 2.05) is 6.92 Å². The lowest BCUT2D eigenvalue weighted by molar-refractivity contribution is -0.302. The van der Waals surface area contributed by atoms with Crippen LogP contribution >= 0.6 is 0 Å². The predicted molar refractivity (Wildman–Crippen MR) is 63.0 cm³/mol. The van der Waals surface area contributed by atoms with Gasteiger partial charge in [-0.2, -0.15) is 0 Å². The molecule has 17 heavy (non-hydrogen) atoms. The fraction of sp³-hybridized carbons (Fsp3) is 1.00. The van der Waals surface area contributed by atoms with Gasteiger partial charge in [0.05, 0.1) is 6.10 Å². The van der Waals surface area contributed by atoms with Gasteiger partial charge in [0.15, 0.2) is 6.29 Å². The van der Waals surface area contributed by atoms with Crippen molar-refractivity contribution >= 4 is 0 Å². The quantitative estimate of drug-likeness (QED) is 0.707. The van der Waals surface area contributed by atoms with Crippen molar-refractivity contribution in [2.45, 2.75) is 51.0 Å². The van der Waals surface area contributed by atoms with E-state index in [1.54, 1.807) is 21.3 Å². The van der Waals surface area contributed by atoms with Crippen LogP contribution in [-0.4, -0.2) is 58.6 Å². The van der Waals surface area contributed by atoms with Gasteiger partial charge >= 0.3 is 0 Å². The number of rotatable bonds is 6. The molecule has 1 saturated heterocycles. The Morgan fingerprint density at radius 3 is 2.06 bits per heavy atom. The Hall–Kier alpha value is -0.200. The standard InChI is InChI=1S/C12H24O5/c1-6-7-16-10-9(13-3)8(2)17-12(15-5)11(10)14-4/h8-12H,6-7H2,1-5H3/t8-,9-,10?,11+,12+/m0/s1. The zero-order valence-electron chi connectivity index (χ0n) is 11.3. The van der Waals surface area contributed by atoms with Crippen molar-refractivity contribution in [3.63, 3.8) is 0 Å². The maximum atomic E-state index is 5.83. The maximum absolute atomic E-state index is 5.83. The van der Waals surface area contributed by atoms with Crippen molar-refractivity contribution in [1.29, 1.82) is 0 Å². The van der Waals surface area contributed by atoms with E-state index >= 15 is 0 Å². The summed E-state index contributed by atoms with van der Waals surface area (Å²) in [7, 11) is 4.89. The van der Waals surface area contributed by atoms with Crippen LogP contribution in [0, 0.1) is 0 Å². The van der Waals surface area contributed by atoms with Gasteiger partial charge in [0.2, 0.25) is 0 Å². The molecule has 1 aliphatic rings. The first-order valence-electron chi connectivity index (χ1n) is 6.05. The van der Waals surface area contributed by atoms with Crippen molar-refractivity contribution in [3.05, 3.63) is 0 Å². The van der Waals surface area contributed by atoms with Crippen molar-refractivity contribution in [2.24, 2.45) is 0 Å². The van der Waals surface area contributed by atoms with Crippen LogP contribution in [-0.2, 0) is 23.7 Å². The monoisotopic (exact) mass is 248 g/mol. The molecule has 0 aliphatic carbocycles. The highest BCUT2D eigenvalue weighted by Gasteiger charge is 2.45. The molecule has 1 unspecified atom stereocenters. The molecule has 0 saturated carbocycles. The molecule has 1 heterocycles. The van der Waals surface area contributed by atoms with Crippen LogP contribution in [0.15, 0.2) is 0 Å². The zero-order valence-corrected chi connectivity index (χ0v) is 11.3. The molecule has 1 aliphatic heterocycles. The molecular formula is C12H24O5. The van der Waals surface area contributed by atoms with Crippen LogP contribution in [0.1, 0.15) is 20.3 Å². The minimum absolute atomic E-state index is 0.0850. The van der Waals surface area contributed by atoms with E-state index in [-0.39, 0.29) is 24.4 Å². The lowest BCUT2D eigenvalue weighted by Crippen LogP contribution is -2.59. The highest BCUT2D eigenvalue weighted by Crippen LogP contribution is 2.27. The topological polar surface area (TPSA) is 46.2 Å². The summed E-state index contributed by atoms with van der Waals surface area (Å²) in [4.78, 5) is 0. The van der Waals surface area contributed by atoms with Gasteiger partial charge in [0.1, 0.15) is 18.3 Å². The molecule has 5 nitrogen and oxygen atoms in total. The molecule has 1 rings (SSSR count). The van der Waals surface area contributed by atoms with Gasteiger partial charge in [0, 0.05) is 27.9 Å². The van der Waals surface area contributed by atoms with Crippen molar-refractivity contribution < 1.29 is 23.7 Å². The smallest absolute Gasteiger partial charge is 0.186 e. The van der Waals surface area contributed by atoms with Gasteiger partial charge in [0.25, 0.3) is 0 Å². The highest BCUT2D eigenvalue weighted by atomic mass is 16.7. The molecule has 0 aromatic heterocycles. The number of hydrogen-bond donors (Lipinski definition) is 0. The van der Waals surface area contributed by atoms with Gasteiger partial charge in [-0.3, -0.25) is 0 Å². The lowest BCUT2D eigenvalue weighted by atomic mass is 9.99. The van der Waals surface area contributed by atoms with E-state index in [0.29, 0.717) is 6.61 Å². The highest BCUT2D eigenvalue weighted by molar-refractivity contribution is 4.90. The molecule has 0 N–H and O–H groups in total. The molecule has 5 atom stereocenters. The first-order chi connectivity index (χ1) is 8.19. The van der Waals surface area contributed by atoms with Crippen molar-refractivity contribution in [2.75, 3.05) is 27.9 Å². The Morgan fingerprint density at radius 2 is 1.59 bits per heavy atom. The molecular weight excluding hydrogens is 224 g/mol. The Bertz CT molecular complexity index is 211. The lowest BCUT2D eigenvalue weighted by Gasteiger charge is -2.43. The van der Waals surface area contributed by atoms with Crippen molar-refractivity contribution in [1.82, 2.24) is 0 Å². The Balaban J connectivity index is 2.78. The molecule has 0 amide bonds. The van der Waals surface area contributed by atoms with E-state index in [9.17, 15) is 0 Å². The molecule has 0 radical (unpaired) electrons. The Morgan fingerprint density at radius 1 is 0.941 bits per heavy atom. The predicted octanol–water partition coefficient (Wildman–Crippen LogP) is 1.20. The maximum Gasteiger partial charge on any atom is 0.186 e. The number of hydrogen-bond acceptors (Lipinski definition) is 5. The Labute approximate surface area is 103 Å². The normalized spacial score (nSPS) is 38.3. The summed E-state index contributed by atoms with van der Waals surface area (Å²) in [6, 6.07) is 0. The fourth-order valence-electron chi connectivity index (χ4n) is 2.18. The summed E-state index contributed by atoms with van der Waals surface area (Å²) in [6.07, 6.45) is -0.123. The Kier molecular flexibility index (Phi) is 6.37. The van der Waals surface area contributed by atoms with Gasteiger partial charge < -0.3 is 23.7 Å². The molecule has 5 heteroatoms. The third-order valence-corrected chi connectivity index (χ3v) is 3.02. The number of ether oxygens (including phenoxy) is 5. The number of methoxy groups -OCH3 is 3. The van der Waals surface area contributed by atoms with E-state index in [1.165, 1.54) is 0 Å². The summed E-state index contributed by atoms with van der Waals surface area (Å²) in [5.74, 6) is 0.